The zero-order chi connectivity index (χ0) is 12.4. The quantitative estimate of drug-likeness (QED) is 0.756. The molecule has 3 rings (SSSR count). The molecule has 0 fully saturated rings. The highest BCUT2D eigenvalue weighted by Crippen LogP contribution is 2.27. The molecule has 2 N–H and O–H groups in total. The van der Waals surface area contributed by atoms with Gasteiger partial charge in [-0.2, -0.15) is 0 Å². The van der Waals surface area contributed by atoms with Crippen LogP contribution in [-0.4, -0.2) is 21.5 Å². The number of aromatic nitrogens is 3. The van der Waals surface area contributed by atoms with E-state index in [4.69, 9.17) is 0 Å². The van der Waals surface area contributed by atoms with Gasteiger partial charge >= 0.3 is 0 Å². The molecular weight excluding hydrogens is 244 g/mol. The Morgan fingerprint density at radius 3 is 3.17 bits per heavy atom. The Hall–Kier alpha value is -1.88. The number of fused-ring (bicyclic) bond motifs is 1. The minimum absolute atomic E-state index is 0.863. The molecule has 5 heteroatoms. The number of aryl methyl sites for hydroxylation is 1. The zero-order valence-electron chi connectivity index (χ0n) is 10.1. The van der Waals surface area contributed by atoms with Gasteiger partial charge in [0, 0.05) is 29.7 Å². The molecule has 4 nitrogen and oxygen atoms in total. The molecule has 0 radical (unpaired) electrons. The van der Waals surface area contributed by atoms with Gasteiger partial charge in [0.05, 0.1) is 5.39 Å². The fourth-order valence-corrected chi connectivity index (χ4v) is 2.80. The summed E-state index contributed by atoms with van der Waals surface area (Å²) in [4.78, 5) is 14.1. The van der Waals surface area contributed by atoms with Crippen molar-refractivity contribution in [1.29, 1.82) is 0 Å². The number of thiophene rings is 1. The lowest BCUT2D eigenvalue weighted by Gasteiger charge is -2.05. The number of hydrogen-bond donors (Lipinski definition) is 2. The first kappa shape index (κ1) is 11.2. The van der Waals surface area contributed by atoms with Crippen LogP contribution in [0.2, 0.25) is 0 Å². The van der Waals surface area contributed by atoms with Crippen molar-refractivity contribution in [3.8, 4) is 0 Å². The van der Waals surface area contributed by atoms with Crippen molar-refractivity contribution in [2.45, 2.75) is 13.3 Å². The van der Waals surface area contributed by atoms with Gasteiger partial charge in [0.2, 0.25) is 0 Å². The van der Waals surface area contributed by atoms with Crippen molar-refractivity contribution in [3.05, 3.63) is 41.3 Å². The standard InChI is InChI=1S/C13H14N4S/c1-9-7-11-12(16-8-17-13(11)18-9)15-6-4-10-3-2-5-14-10/h2-3,5,7-8,14H,4,6H2,1H3,(H,15,16,17). The highest BCUT2D eigenvalue weighted by Gasteiger charge is 2.06. The van der Waals surface area contributed by atoms with Gasteiger partial charge in [-0.05, 0) is 25.1 Å². The Balaban J connectivity index is 1.74. The van der Waals surface area contributed by atoms with E-state index in [0.29, 0.717) is 0 Å². The molecule has 3 aromatic heterocycles. The first-order valence-electron chi connectivity index (χ1n) is 5.90. The summed E-state index contributed by atoms with van der Waals surface area (Å²) in [6.07, 6.45) is 4.53. The first-order valence-corrected chi connectivity index (χ1v) is 6.72. The molecule has 0 saturated heterocycles. The van der Waals surface area contributed by atoms with Crippen LogP contribution in [0.4, 0.5) is 5.82 Å². The van der Waals surface area contributed by atoms with Crippen LogP contribution >= 0.6 is 11.3 Å². The lowest BCUT2D eigenvalue weighted by Crippen LogP contribution is -2.06. The molecule has 0 atom stereocenters. The molecular formula is C13H14N4S. The van der Waals surface area contributed by atoms with Gasteiger partial charge in [-0.25, -0.2) is 9.97 Å². The zero-order valence-corrected chi connectivity index (χ0v) is 10.9. The Labute approximate surface area is 109 Å². The number of aromatic amines is 1. The van der Waals surface area contributed by atoms with Crippen molar-refractivity contribution < 1.29 is 0 Å². The molecule has 92 valence electrons. The lowest BCUT2D eigenvalue weighted by molar-refractivity contribution is 0.969. The van der Waals surface area contributed by atoms with E-state index in [2.05, 4.69) is 39.3 Å². The number of rotatable bonds is 4. The minimum atomic E-state index is 0.863. The van der Waals surface area contributed by atoms with Crippen LogP contribution in [0.1, 0.15) is 10.6 Å². The molecule has 18 heavy (non-hydrogen) atoms. The number of hydrogen-bond acceptors (Lipinski definition) is 4. The van der Waals surface area contributed by atoms with E-state index in [0.717, 1.165) is 29.0 Å². The third-order valence-corrected chi connectivity index (χ3v) is 3.76. The van der Waals surface area contributed by atoms with E-state index < -0.39 is 0 Å². The van der Waals surface area contributed by atoms with E-state index in [1.165, 1.54) is 10.6 Å². The normalized spacial score (nSPS) is 10.9. The monoisotopic (exact) mass is 258 g/mol. The van der Waals surface area contributed by atoms with E-state index in [9.17, 15) is 0 Å². The third-order valence-electron chi connectivity index (χ3n) is 2.80. The molecule has 0 spiro atoms. The second-order valence-corrected chi connectivity index (χ2v) is 5.41. The average molecular weight is 258 g/mol. The summed E-state index contributed by atoms with van der Waals surface area (Å²) in [7, 11) is 0. The fraction of sp³-hybridized carbons (Fsp3) is 0.231. The van der Waals surface area contributed by atoms with Crippen LogP contribution in [0.25, 0.3) is 10.2 Å². The summed E-state index contributed by atoms with van der Waals surface area (Å²) in [5, 5.41) is 4.49. The predicted molar refractivity (Wildman–Crippen MR) is 75.1 cm³/mol. The highest BCUT2D eigenvalue weighted by atomic mass is 32.1. The summed E-state index contributed by atoms with van der Waals surface area (Å²) >= 11 is 1.70. The maximum absolute atomic E-state index is 4.31. The summed E-state index contributed by atoms with van der Waals surface area (Å²) in [6, 6.07) is 6.24. The van der Waals surface area contributed by atoms with Crippen molar-refractivity contribution in [1.82, 2.24) is 15.0 Å². The third kappa shape index (κ3) is 2.22. The van der Waals surface area contributed by atoms with Crippen LogP contribution in [-0.2, 0) is 6.42 Å². The van der Waals surface area contributed by atoms with E-state index in [1.54, 1.807) is 17.7 Å². The summed E-state index contributed by atoms with van der Waals surface area (Å²) < 4.78 is 0. The largest absolute Gasteiger partial charge is 0.369 e. The number of nitrogens with zero attached hydrogens (tertiary/aromatic N) is 2. The number of anilines is 1. The van der Waals surface area contributed by atoms with Gasteiger partial charge in [0.25, 0.3) is 0 Å². The van der Waals surface area contributed by atoms with Crippen LogP contribution < -0.4 is 5.32 Å². The summed E-state index contributed by atoms with van der Waals surface area (Å²) in [5.41, 5.74) is 1.23. The first-order chi connectivity index (χ1) is 8.83. The van der Waals surface area contributed by atoms with Crippen molar-refractivity contribution >= 4 is 27.4 Å². The number of nitrogens with one attached hydrogen (secondary N) is 2. The molecule has 0 aromatic carbocycles. The molecule has 0 unspecified atom stereocenters. The van der Waals surface area contributed by atoms with Gasteiger partial charge in [0.1, 0.15) is 17.0 Å². The van der Waals surface area contributed by atoms with Gasteiger partial charge in [-0.15, -0.1) is 11.3 Å². The predicted octanol–water partition coefficient (Wildman–Crippen LogP) is 2.98. The van der Waals surface area contributed by atoms with E-state index in [1.807, 2.05) is 12.3 Å². The van der Waals surface area contributed by atoms with Gasteiger partial charge in [-0.3, -0.25) is 0 Å². The van der Waals surface area contributed by atoms with Crippen LogP contribution in [0.5, 0.6) is 0 Å². The Bertz CT molecular complexity index is 642. The van der Waals surface area contributed by atoms with Gasteiger partial charge in [-0.1, -0.05) is 0 Å². The molecule has 0 amide bonds. The van der Waals surface area contributed by atoms with Crippen molar-refractivity contribution in [2.75, 3.05) is 11.9 Å². The average Bonchev–Trinajstić information content (AvgIpc) is 2.97. The molecule has 0 aliphatic heterocycles. The minimum Gasteiger partial charge on any atom is -0.369 e. The Morgan fingerprint density at radius 1 is 1.39 bits per heavy atom. The summed E-state index contributed by atoms with van der Waals surface area (Å²) in [5.74, 6) is 0.927. The highest BCUT2D eigenvalue weighted by molar-refractivity contribution is 7.18. The van der Waals surface area contributed by atoms with Gasteiger partial charge < -0.3 is 10.3 Å². The summed E-state index contributed by atoms with van der Waals surface area (Å²) in [6.45, 7) is 2.95. The Kier molecular flexibility index (Phi) is 2.98. The lowest BCUT2D eigenvalue weighted by atomic mass is 10.3. The second-order valence-electron chi connectivity index (χ2n) is 4.17. The van der Waals surface area contributed by atoms with Crippen LogP contribution in [0, 0.1) is 6.92 Å². The van der Waals surface area contributed by atoms with Crippen LogP contribution in [0.15, 0.2) is 30.7 Å². The Morgan fingerprint density at radius 2 is 2.33 bits per heavy atom. The topological polar surface area (TPSA) is 53.6 Å². The molecule has 3 heterocycles. The molecule has 0 bridgehead atoms. The molecule has 0 aliphatic rings. The molecule has 3 aromatic rings. The molecule has 0 aliphatic carbocycles. The maximum Gasteiger partial charge on any atom is 0.138 e. The van der Waals surface area contributed by atoms with Crippen LogP contribution in [0.3, 0.4) is 0 Å². The van der Waals surface area contributed by atoms with Crippen molar-refractivity contribution in [3.63, 3.8) is 0 Å². The van der Waals surface area contributed by atoms with Gasteiger partial charge in [0.15, 0.2) is 0 Å². The molecule has 0 saturated carbocycles. The smallest absolute Gasteiger partial charge is 0.138 e. The SMILES string of the molecule is Cc1cc2c(NCCc3ccc[nH]3)ncnc2s1. The van der Waals surface area contributed by atoms with E-state index >= 15 is 0 Å². The number of H-pyrrole nitrogens is 1. The van der Waals surface area contributed by atoms with E-state index in [-0.39, 0.29) is 0 Å². The second kappa shape index (κ2) is 4.78. The maximum atomic E-state index is 4.31. The fourth-order valence-electron chi connectivity index (χ4n) is 1.96. The van der Waals surface area contributed by atoms with Crippen molar-refractivity contribution in [2.24, 2.45) is 0 Å².